The number of benzene rings is 4. The van der Waals surface area contributed by atoms with Gasteiger partial charge in [0.2, 0.25) is 0 Å². The van der Waals surface area contributed by atoms with Crippen LogP contribution in [0.4, 0.5) is 0 Å². The molecule has 5 aromatic rings. The van der Waals surface area contributed by atoms with E-state index in [1.807, 2.05) is 60.7 Å². The maximum Gasteiger partial charge on any atom is 0.277 e. The molecule has 0 aliphatic rings. The maximum absolute atomic E-state index is 12.5. The average Bonchev–Trinajstić information content (AvgIpc) is 3.43. The van der Waals surface area contributed by atoms with Gasteiger partial charge >= 0.3 is 0 Å². The summed E-state index contributed by atoms with van der Waals surface area (Å²) in [4.78, 5) is 12.5. The van der Waals surface area contributed by atoms with E-state index in [4.69, 9.17) is 37.1 Å². The fourth-order valence-electron chi connectivity index (χ4n) is 3.69. The molecule has 0 spiro atoms. The number of nitrogens with zero attached hydrogens (tertiary/aromatic N) is 3. The number of amides is 1. The Kier molecular flexibility index (Phi) is 9.79. The summed E-state index contributed by atoms with van der Waals surface area (Å²) in [7, 11) is 0. The smallest absolute Gasteiger partial charge is 0.277 e. The van der Waals surface area contributed by atoms with Crippen molar-refractivity contribution in [3.05, 3.63) is 110 Å². The second kappa shape index (κ2) is 13.9. The molecule has 1 N–H and O–H groups in total. The Hall–Kier alpha value is -3.57. The van der Waals surface area contributed by atoms with E-state index in [1.165, 1.54) is 0 Å². The number of rotatable bonds is 11. The summed E-state index contributed by atoms with van der Waals surface area (Å²) in [5.41, 5.74) is 4.33. The number of hydrogen-bond donors (Lipinski definition) is 1. The summed E-state index contributed by atoms with van der Waals surface area (Å²) in [6, 6.07) is 24.6. The van der Waals surface area contributed by atoms with Crippen LogP contribution in [0.3, 0.4) is 0 Å². The largest absolute Gasteiger partial charge is 0.488 e. The molecule has 0 aliphatic carbocycles. The number of hydrogen-bond acceptors (Lipinski definition) is 8. The summed E-state index contributed by atoms with van der Waals surface area (Å²) < 4.78 is 18.3. The van der Waals surface area contributed by atoms with Gasteiger partial charge in [-0.3, -0.25) is 4.79 Å². The van der Waals surface area contributed by atoms with Crippen LogP contribution in [0.1, 0.15) is 17.0 Å². The van der Waals surface area contributed by atoms with Crippen LogP contribution in [-0.2, 0) is 18.0 Å². The third-order valence-electron chi connectivity index (χ3n) is 5.64. The van der Waals surface area contributed by atoms with Gasteiger partial charge in [0.05, 0.1) is 17.0 Å². The van der Waals surface area contributed by atoms with E-state index in [0.717, 1.165) is 38.1 Å². The van der Waals surface area contributed by atoms with Crippen molar-refractivity contribution in [1.29, 1.82) is 0 Å². The van der Waals surface area contributed by atoms with E-state index in [9.17, 15) is 4.79 Å². The minimum atomic E-state index is -0.340. The Balaban J connectivity index is 1.17. The predicted molar refractivity (Wildman–Crippen MR) is 164 cm³/mol. The highest BCUT2D eigenvalue weighted by atomic mass is 79.9. The standard InChI is InChI=1S/C29H21BrCl2N4O4S/c30-20-8-5-18(6-9-20)15-38-25-11-7-19-3-1-2-4-22(19)23(25)14-33-34-27(37)17-41-29-36-35-28(40-29)16-39-26-12-10-21(31)13-24(26)32/h1-14H,15-17H2,(H,34,37)/b33-14-. The number of aromatic nitrogens is 2. The molecule has 4 aromatic carbocycles. The molecule has 0 saturated heterocycles. The molecular formula is C29H21BrCl2N4O4S. The predicted octanol–water partition coefficient (Wildman–Crippen LogP) is 7.69. The number of hydrazone groups is 1. The molecule has 0 atom stereocenters. The van der Waals surface area contributed by atoms with Gasteiger partial charge in [-0.1, -0.05) is 93.4 Å². The van der Waals surface area contributed by atoms with Crippen molar-refractivity contribution in [3.63, 3.8) is 0 Å². The van der Waals surface area contributed by atoms with Gasteiger partial charge in [-0.15, -0.1) is 10.2 Å². The number of fused-ring (bicyclic) bond motifs is 1. The van der Waals surface area contributed by atoms with Gasteiger partial charge in [-0.25, -0.2) is 5.43 Å². The molecule has 0 aliphatic heterocycles. The normalized spacial score (nSPS) is 11.2. The second-order valence-electron chi connectivity index (χ2n) is 8.52. The van der Waals surface area contributed by atoms with Crippen molar-refractivity contribution in [2.24, 2.45) is 5.10 Å². The molecule has 41 heavy (non-hydrogen) atoms. The summed E-state index contributed by atoms with van der Waals surface area (Å²) in [6.45, 7) is 0.405. The van der Waals surface area contributed by atoms with Crippen LogP contribution in [0.25, 0.3) is 10.8 Å². The first-order chi connectivity index (χ1) is 19.9. The lowest BCUT2D eigenvalue weighted by Gasteiger charge is -2.12. The average molecular weight is 672 g/mol. The second-order valence-corrected chi connectivity index (χ2v) is 11.2. The first-order valence-corrected chi connectivity index (χ1v) is 14.7. The number of ether oxygens (including phenoxy) is 2. The molecular weight excluding hydrogens is 651 g/mol. The monoisotopic (exact) mass is 670 g/mol. The van der Waals surface area contributed by atoms with Crippen LogP contribution in [0, 0.1) is 0 Å². The summed E-state index contributed by atoms with van der Waals surface area (Å²) in [6.07, 6.45) is 1.59. The van der Waals surface area contributed by atoms with Gasteiger partial charge in [-0.05, 0) is 52.7 Å². The van der Waals surface area contributed by atoms with E-state index in [0.29, 0.717) is 28.2 Å². The lowest BCUT2D eigenvalue weighted by Crippen LogP contribution is -2.19. The van der Waals surface area contributed by atoms with Crippen LogP contribution in [-0.4, -0.2) is 28.1 Å². The highest BCUT2D eigenvalue weighted by Gasteiger charge is 2.12. The van der Waals surface area contributed by atoms with Crippen LogP contribution >= 0.6 is 50.9 Å². The van der Waals surface area contributed by atoms with Gasteiger partial charge in [0.15, 0.2) is 6.61 Å². The van der Waals surface area contributed by atoms with Crippen LogP contribution < -0.4 is 14.9 Å². The zero-order chi connectivity index (χ0) is 28.6. The van der Waals surface area contributed by atoms with Crippen molar-refractivity contribution < 1.29 is 18.7 Å². The quantitative estimate of drug-likeness (QED) is 0.0873. The van der Waals surface area contributed by atoms with E-state index in [-0.39, 0.29) is 29.4 Å². The lowest BCUT2D eigenvalue weighted by atomic mass is 10.0. The van der Waals surface area contributed by atoms with Crippen LogP contribution in [0.5, 0.6) is 11.5 Å². The van der Waals surface area contributed by atoms with Crippen molar-refractivity contribution in [2.75, 3.05) is 5.75 Å². The number of carbonyl (C=O) groups excluding carboxylic acids is 1. The molecule has 1 amide bonds. The Morgan fingerprint density at radius 3 is 2.59 bits per heavy atom. The van der Waals surface area contributed by atoms with Crippen molar-refractivity contribution >= 4 is 73.8 Å². The van der Waals surface area contributed by atoms with E-state index < -0.39 is 0 Å². The third kappa shape index (κ3) is 8.01. The molecule has 0 radical (unpaired) electrons. The zero-order valence-electron chi connectivity index (χ0n) is 21.2. The van der Waals surface area contributed by atoms with Crippen molar-refractivity contribution in [2.45, 2.75) is 18.4 Å². The van der Waals surface area contributed by atoms with Crippen LogP contribution in [0.15, 0.2) is 98.1 Å². The Morgan fingerprint density at radius 1 is 0.976 bits per heavy atom. The highest BCUT2D eigenvalue weighted by Crippen LogP contribution is 2.29. The van der Waals surface area contributed by atoms with Crippen LogP contribution in [0.2, 0.25) is 10.0 Å². The number of thioether (sulfide) groups is 1. The van der Waals surface area contributed by atoms with Gasteiger partial charge in [0, 0.05) is 15.1 Å². The molecule has 208 valence electrons. The molecule has 0 unspecified atom stereocenters. The molecule has 0 fully saturated rings. The number of carbonyl (C=O) groups is 1. The zero-order valence-corrected chi connectivity index (χ0v) is 25.1. The molecule has 5 rings (SSSR count). The molecule has 0 bridgehead atoms. The van der Waals surface area contributed by atoms with Crippen molar-refractivity contribution in [1.82, 2.24) is 15.6 Å². The summed E-state index contributed by atoms with van der Waals surface area (Å²) in [5, 5.41) is 15.1. The van der Waals surface area contributed by atoms with E-state index in [2.05, 4.69) is 36.7 Å². The van der Waals surface area contributed by atoms with Gasteiger partial charge in [0.1, 0.15) is 18.1 Å². The summed E-state index contributed by atoms with van der Waals surface area (Å²) in [5.74, 6) is 1.01. The molecule has 1 heterocycles. The molecule has 1 aromatic heterocycles. The highest BCUT2D eigenvalue weighted by molar-refractivity contribution is 9.10. The number of halogens is 3. The molecule has 0 saturated carbocycles. The summed E-state index contributed by atoms with van der Waals surface area (Å²) >= 11 is 16.5. The maximum atomic E-state index is 12.5. The van der Waals surface area contributed by atoms with E-state index >= 15 is 0 Å². The Bertz CT molecular complexity index is 1700. The molecule has 8 nitrogen and oxygen atoms in total. The minimum absolute atomic E-state index is 0.0165. The van der Waals surface area contributed by atoms with Gasteiger partial charge in [-0.2, -0.15) is 5.10 Å². The third-order valence-corrected chi connectivity index (χ3v) is 7.52. The van der Waals surface area contributed by atoms with E-state index in [1.54, 1.807) is 24.4 Å². The molecule has 12 heteroatoms. The van der Waals surface area contributed by atoms with Gasteiger partial charge < -0.3 is 13.9 Å². The number of nitrogens with one attached hydrogen (secondary N) is 1. The topological polar surface area (TPSA) is 98.8 Å². The first kappa shape index (κ1) is 28.9. The lowest BCUT2D eigenvalue weighted by molar-refractivity contribution is -0.118. The van der Waals surface area contributed by atoms with Crippen molar-refractivity contribution in [3.8, 4) is 11.5 Å². The fraction of sp³-hybridized carbons (Fsp3) is 0.103. The minimum Gasteiger partial charge on any atom is -0.488 e. The SMILES string of the molecule is O=C(CSc1nnc(COc2ccc(Cl)cc2Cl)o1)N/N=C\c1c(OCc2ccc(Br)cc2)ccc2ccccc12. The Morgan fingerprint density at radius 2 is 1.76 bits per heavy atom. The fourth-order valence-corrected chi connectivity index (χ4v) is 4.99. The first-order valence-electron chi connectivity index (χ1n) is 12.2. The Labute approximate surface area is 258 Å². The van der Waals surface area contributed by atoms with Gasteiger partial charge in [0.25, 0.3) is 17.0 Å².